The molecule has 1 aromatic heterocycles. The van der Waals surface area contributed by atoms with Gasteiger partial charge < -0.3 is 14.1 Å². The number of nitrogens with zero attached hydrogens (tertiary/aromatic N) is 1. The van der Waals surface area contributed by atoms with Crippen molar-refractivity contribution in [3.8, 4) is 16.9 Å². The summed E-state index contributed by atoms with van der Waals surface area (Å²) >= 11 is 0. The predicted octanol–water partition coefficient (Wildman–Crippen LogP) is 5.33. The molecule has 0 unspecified atom stereocenters. The van der Waals surface area contributed by atoms with Crippen LogP contribution in [0.15, 0.2) is 65.1 Å². The maximum atomic E-state index is 6.12. The lowest BCUT2D eigenvalue weighted by atomic mass is 9.98. The van der Waals surface area contributed by atoms with Crippen molar-refractivity contribution < 1.29 is 9.15 Å². The molecule has 120 valence electrons. The van der Waals surface area contributed by atoms with E-state index in [1.54, 1.807) is 7.11 Å². The Morgan fingerprint density at radius 2 is 1.67 bits per heavy atom. The van der Waals surface area contributed by atoms with E-state index in [1.165, 1.54) is 11.1 Å². The number of benzene rings is 3. The summed E-state index contributed by atoms with van der Waals surface area (Å²) in [5.74, 6) is 0.834. The summed E-state index contributed by atoms with van der Waals surface area (Å²) in [6, 6.07) is 20.7. The van der Waals surface area contributed by atoms with Gasteiger partial charge in [0, 0.05) is 36.6 Å². The Bertz CT molecular complexity index is 1020. The fourth-order valence-corrected chi connectivity index (χ4v) is 3.10. The highest BCUT2D eigenvalue weighted by atomic mass is 16.5. The first-order valence-electron chi connectivity index (χ1n) is 7.94. The summed E-state index contributed by atoms with van der Waals surface area (Å²) in [4.78, 5) is 2.10. The number of hydrogen-bond acceptors (Lipinski definition) is 3. The molecule has 0 saturated carbocycles. The van der Waals surface area contributed by atoms with Crippen LogP contribution in [0.5, 0.6) is 5.75 Å². The Balaban J connectivity index is 2.13. The highest BCUT2D eigenvalue weighted by Gasteiger charge is 2.15. The van der Waals surface area contributed by atoms with E-state index in [0.29, 0.717) is 0 Å². The standard InChI is InChI=1S/C21H19NO2/c1-22(2)15-11-17(14-7-5-4-6-8-14)21-18-13-16(23-3)9-10-19(18)24-20(21)12-15/h4-13H,1-3H3. The Kier molecular flexibility index (Phi) is 3.42. The van der Waals surface area contributed by atoms with E-state index in [0.717, 1.165) is 33.4 Å². The van der Waals surface area contributed by atoms with Crippen LogP contribution in [-0.2, 0) is 0 Å². The molecule has 0 spiro atoms. The van der Waals surface area contributed by atoms with Crippen LogP contribution in [-0.4, -0.2) is 21.2 Å². The van der Waals surface area contributed by atoms with Crippen LogP contribution in [0, 0.1) is 0 Å². The van der Waals surface area contributed by atoms with Gasteiger partial charge in [-0.3, -0.25) is 0 Å². The molecule has 0 aliphatic heterocycles. The van der Waals surface area contributed by atoms with Crippen LogP contribution >= 0.6 is 0 Å². The molecule has 0 saturated heterocycles. The maximum absolute atomic E-state index is 6.12. The molecule has 4 rings (SSSR count). The van der Waals surface area contributed by atoms with Crippen LogP contribution < -0.4 is 9.64 Å². The summed E-state index contributed by atoms with van der Waals surface area (Å²) in [5, 5.41) is 2.20. The molecule has 0 N–H and O–H groups in total. The molecule has 0 bridgehead atoms. The van der Waals surface area contributed by atoms with Crippen molar-refractivity contribution in [2.24, 2.45) is 0 Å². The van der Waals surface area contributed by atoms with Gasteiger partial charge in [0.2, 0.25) is 0 Å². The largest absolute Gasteiger partial charge is 0.497 e. The zero-order valence-corrected chi connectivity index (χ0v) is 14.0. The third-order valence-electron chi connectivity index (χ3n) is 4.36. The Labute approximate surface area is 141 Å². The minimum absolute atomic E-state index is 0.834. The average Bonchev–Trinajstić information content (AvgIpc) is 2.99. The van der Waals surface area contributed by atoms with Gasteiger partial charge in [-0.2, -0.15) is 0 Å². The van der Waals surface area contributed by atoms with E-state index in [2.05, 4.69) is 41.3 Å². The summed E-state index contributed by atoms with van der Waals surface area (Å²) in [7, 11) is 5.77. The SMILES string of the molecule is COc1ccc2oc3cc(N(C)C)cc(-c4ccccc4)c3c2c1. The van der Waals surface area contributed by atoms with Crippen molar-refractivity contribution >= 4 is 27.6 Å². The summed E-state index contributed by atoms with van der Waals surface area (Å²) < 4.78 is 11.5. The molecule has 1 heterocycles. The molecule has 0 radical (unpaired) electrons. The van der Waals surface area contributed by atoms with Gasteiger partial charge in [0.15, 0.2) is 0 Å². The van der Waals surface area contributed by atoms with E-state index < -0.39 is 0 Å². The molecule has 0 aliphatic rings. The molecule has 4 aromatic rings. The number of methoxy groups -OCH3 is 1. The van der Waals surface area contributed by atoms with Gasteiger partial charge in [0.25, 0.3) is 0 Å². The summed E-state index contributed by atoms with van der Waals surface area (Å²) in [6.07, 6.45) is 0. The number of anilines is 1. The Morgan fingerprint density at radius 3 is 2.38 bits per heavy atom. The second kappa shape index (κ2) is 5.60. The third kappa shape index (κ3) is 2.29. The van der Waals surface area contributed by atoms with Crippen molar-refractivity contribution in [3.05, 3.63) is 60.7 Å². The first kappa shape index (κ1) is 14.6. The normalized spacial score (nSPS) is 11.1. The molecular formula is C21H19NO2. The average molecular weight is 317 g/mol. The minimum Gasteiger partial charge on any atom is -0.497 e. The van der Waals surface area contributed by atoms with Crippen LogP contribution in [0.2, 0.25) is 0 Å². The molecule has 3 heteroatoms. The third-order valence-corrected chi connectivity index (χ3v) is 4.36. The van der Waals surface area contributed by atoms with Crippen LogP contribution in [0.25, 0.3) is 33.1 Å². The first-order chi connectivity index (χ1) is 11.7. The van der Waals surface area contributed by atoms with Crippen molar-refractivity contribution in [2.75, 3.05) is 26.1 Å². The second-order valence-electron chi connectivity index (χ2n) is 6.09. The van der Waals surface area contributed by atoms with E-state index in [1.807, 2.05) is 38.4 Å². The number of fused-ring (bicyclic) bond motifs is 3. The monoisotopic (exact) mass is 317 g/mol. The van der Waals surface area contributed by atoms with Gasteiger partial charge in [-0.05, 0) is 35.4 Å². The van der Waals surface area contributed by atoms with Gasteiger partial charge in [-0.1, -0.05) is 30.3 Å². The van der Waals surface area contributed by atoms with Gasteiger partial charge in [0.1, 0.15) is 16.9 Å². The second-order valence-corrected chi connectivity index (χ2v) is 6.09. The number of furan rings is 1. The molecule has 24 heavy (non-hydrogen) atoms. The van der Waals surface area contributed by atoms with Crippen molar-refractivity contribution in [1.29, 1.82) is 0 Å². The van der Waals surface area contributed by atoms with Gasteiger partial charge in [-0.25, -0.2) is 0 Å². The maximum Gasteiger partial charge on any atom is 0.138 e. The van der Waals surface area contributed by atoms with E-state index in [-0.39, 0.29) is 0 Å². The van der Waals surface area contributed by atoms with Crippen LogP contribution in [0.4, 0.5) is 5.69 Å². The lowest BCUT2D eigenvalue weighted by molar-refractivity contribution is 0.415. The summed E-state index contributed by atoms with van der Waals surface area (Å²) in [5.41, 5.74) is 5.23. The highest BCUT2D eigenvalue weighted by Crippen LogP contribution is 2.40. The lowest BCUT2D eigenvalue weighted by Crippen LogP contribution is -2.08. The molecule has 3 nitrogen and oxygen atoms in total. The van der Waals surface area contributed by atoms with E-state index >= 15 is 0 Å². The van der Waals surface area contributed by atoms with Gasteiger partial charge >= 0.3 is 0 Å². The quantitative estimate of drug-likeness (QED) is 0.511. The molecule has 0 amide bonds. The first-order valence-corrected chi connectivity index (χ1v) is 7.94. The zero-order valence-electron chi connectivity index (χ0n) is 14.0. The smallest absolute Gasteiger partial charge is 0.138 e. The zero-order chi connectivity index (χ0) is 16.7. The molecule has 0 atom stereocenters. The number of ether oxygens (including phenoxy) is 1. The Hall–Kier alpha value is -2.94. The molecule has 0 aliphatic carbocycles. The molecule has 3 aromatic carbocycles. The number of hydrogen-bond donors (Lipinski definition) is 0. The van der Waals surface area contributed by atoms with Crippen LogP contribution in [0.1, 0.15) is 0 Å². The fraction of sp³-hybridized carbons (Fsp3) is 0.143. The number of rotatable bonds is 3. The minimum atomic E-state index is 0.834. The fourth-order valence-electron chi connectivity index (χ4n) is 3.10. The van der Waals surface area contributed by atoms with E-state index in [9.17, 15) is 0 Å². The highest BCUT2D eigenvalue weighted by molar-refractivity contribution is 6.13. The van der Waals surface area contributed by atoms with Crippen LogP contribution in [0.3, 0.4) is 0 Å². The summed E-state index contributed by atoms with van der Waals surface area (Å²) in [6.45, 7) is 0. The predicted molar refractivity (Wildman–Crippen MR) is 100 cm³/mol. The van der Waals surface area contributed by atoms with Crippen molar-refractivity contribution in [2.45, 2.75) is 0 Å². The van der Waals surface area contributed by atoms with Gasteiger partial charge in [0.05, 0.1) is 7.11 Å². The van der Waals surface area contributed by atoms with Crippen molar-refractivity contribution in [3.63, 3.8) is 0 Å². The van der Waals surface area contributed by atoms with Gasteiger partial charge in [-0.15, -0.1) is 0 Å². The topological polar surface area (TPSA) is 25.6 Å². The molecular weight excluding hydrogens is 298 g/mol. The van der Waals surface area contributed by atoms with E-state index in [4.69, 9.17) is 9.15 Å². The molecule has 0 fully saturated rings. The van der Waals surface area contributed by atoms with Crippen molar-refractivity contribution in [1.82, 2.24) is 0 Å². The lowest BCUT2D eigenvalue weighted by Gasteiger charge is -2.15. The Morgan fingerprint density at radius 1 is 0.875 bits per heavy atom.